The van der Waals surface area contributed by atoms with E-state index in [0.717, 1.165) is 51.4 Å². The molecule has 2 unspecified atom stereocenters. The first-order valence-electron chi connectivity index (χ1n) is 21.7. The molecular weight excluding hydrogens is 668 g/mol. The molecule has 0 fully saturated rings. The zero-order valence-electron chi connectivity index (χ0n) is 34.0. The van der Waals surface area contributed by atoms with Gasteiger partial charge >= 0.3 is 11.9 Å². The molecule has 0 aliphatic rings. The molecule has 53 heavy (non-hydrogen) atoms. The van der Waals surface area contributed by atoms with Crippen LogP contribution in [0.4, 0.5) is 0 Å². The van der Waals surface area contributed by atoms with Gasteiger partial charge in [0.15, 0.2) is 0 Å². The van der Waals surface area contributed by atoms with E-state index in [0.29, 0.717) is 12.8 Å². The monoisotopic (exact) mass is 749 g/mol. The molecule has 2 amide bonds. The van der Waals surface area contributed by atoms with Crippen LogP contribution in [0.25, 0.3) is 0 Å². The lowest BCUT2D eigenvalue weighted by molar-refractivity contribution is -0.147. The Morgan fingerprint density at radius 1 is 0.566 bits per heavy atom. The number of ether oxygens (including phenoxy) is 1. The molecule has 0 saturated heterocycles. The van der Waals surface area contributed by atoms with E-state index in [1.807, 2.05) is 0 Å². The minimum absolute atomic E-state index is 0.113. The fraction of sp³-hybridized carbons (Fsp3) is 0.818. The van der Waals surface area contributed by atoms with E-state index in [1.165, 1.54) is 122 Å². The number of hydrogen-bond donors (Lipinski definition) is 4. The third-order valence-electron chi connectivity index (χ3n) is 9.66. The molecule has 2 atom stereocenters. The third kappa shape index (κ3) is 36.1. The maximum atomic E-state index is 12.7. The highest BCUT2D eigenvalue weighted by molar-refractivity contribution is 5.87. The maximum Gasteiger partial charge on any atom is 0.328 e. The Kier molecular flexibility index (Phi) is 37.1. The summed E-state index contributed by atoms with van der Waals surface area (Å²) in [6.07, 6.45) is 42.3. The van der Waals surface area contributed by atoms with Gasteiger partial charge in [-0.2, -0.15) is 0 Å². The van der Waals surface area contributed by atoms with Gasteiger partial charge in [0.1, 0.15) is 12.1 Å². The van der Waals surface area contributed by atoms with Crippen LogP contribution >= 0.6 is 0 Å². The number of unbranched alkanes of at least 4 members (excludes halogenated alkanes) is 23. The van der Waals surface area contributed by atoms with Crippen molar-refractivity contribution in [3.63, 3.8) is 0 Å². The lowest BCUT2D eigenvalue weighted by Crippen LogP contribution is -2.47. The fourth-order valence-electron chi connectivity index (χ4n) is 6.27. The summed E-state index contributed by atoms with van der Waals surface area (Å²) in [5.41, 5.74) is 0. The van der Waals surface area contributed by atoms with Crippen LogP contribution < -0.4 is 10.6 Å². The van der Waals surface area contributed by atoms with E-state index in [-0.39, 0.29) is 30.9 Å². The Hall–Kier alpha value is -2.68. The smallest absolute Gasteiger partial charge is 0.328 e. The second-order valence-corrected chi connectivity index (χ2v) is 14.8. The van der Waals surface area contributed by atoms with Crippen molar-refractivity contribution in [2.75, 3.05) is 13.2 Å². The van der Waals surface area contributed by atoms with Crippen LogP contribution in [0.1, 0.15) is 206 Å². The van der Waals surface area contributed by atoms with Crippen LogP contribution in [0.2, 0.25) is 0 Å². The van der Waals surface area contributed by atoms with Crippen LogP contribution in [0.15, 0.2) is 24.3 Å². The topological polar surface area (TPSA) is 142 Å². The molecule has 0 aromatic heterocycles. The molecule has 0 heterocycles. The zero-order chi connectivity index (χ0) is 39.0. The first-order chi connectivity index (χ1) is 25.8. The largest absolute Gasteiger partial charge is 0.480 e. The van der Waals surface area contributed by atoms with Crippen molar-refractivity contribution in [3.8, 4) is 0 Å². The molecule has 0 bridgehead atoms. The lowest BCUT2D eigenvalue weighted by atomic mass is 10.0. The summed E-state index contributed by atoms with van der Waals surface area (Å²) in [4.78, 5) is 47.5. The highest BCUT2D eigenvalue weighted by atomic mass is 16.5. The van der Waals surface area contributed by atoms with Crippen molar-refractivity contribution in [2.24, 2.45) is 0 Å². The average molecular weight is 749 g/mol. The lowest BCUT2D eigenvalue weighted by Gasteiger charge is -2.15. The molecule has 308 valence electrons. The van der Waals surface area contributed by atoms with Gasteiger partial charge in [-0.05, 0) is 70.3 Å². The highest BCUT2D eigenvalue weighted by Crippen LogP contribution is 2.16. The van der Waals surface area contributed by atoms with Crippen LogP contribution in [-0.2, 0) is 23.9 Å². The van der Waals surface area contributed by atoms with E-state index < -0.39 is 24.5 Å². The van der Waals surface area contributed by atoms with Crippen molar-refractivity contribution < 1.29 is 34.1 Å². The van der Waals surface area contributed by atoms with Crippen molar-refractivity contribution in [2.45, 2.75) is 219 Å². The third-order valence-corrected chi connectivity index (χ3v) is 9.66. The first-order valence-corrected chi connectivity index (χ1v) is 21.7. The minimum atomic E-state index is -1.39. The second kappa shape index (κ2) is 39.0. The number of amides is 2. The van der Waals surface area contributed by atoms with Crippen LogP contribution in [0.3, 0.4) is 0 Å². The second-order valence-electron chi connectivity index (χ2n) is 14.8. The number of esters is 1. The number of carbonyl (C=O) groups excluding carboxylic acids is 3. The Morgan fingerprint density at radius 3 is 1.53 bits per heavy atom. The molecule has 9 heteroatoms. The van der Waals surface area contributed by atoms with E-state index in [4.69, 9.17) is 14.9 Å². The number of carboxylic acid groups (broad SMARTS) is 1. The molecule has 0 aromatic rings. The van der Waals surface area contributed by atoms with Crippen LogP contribution in [0.5, 0.6) is 0 Å². The van der Waals surface area contributed by atoms with E-state index in [9.17, 15) is 19.2 Å². The number of carbonyl (C=O) groups is 4. The minimum Gasteiger partial charge on any atom is -0.480 e. The van der Waals surface area contributed by atoms with Crippen molar-refractivity contribution in [3.05, 3.63) is 24.3 Å². The van der Waals surface area contributed by atoms with Gasteiger partial charge in [-0.1, -0.05) is 148 Å². The van der Waals surface area contributed by atoms with Gasteiger partial charge in [-0.3, -0.25) is 14.4 Å². The molecule has 0 radical (unpaired) electrons. The number of aliphatic carboxylic acids is 1. The van der Waals surface area contributed by atoms with Gasteiger partial charge in [0.25, 0.3) is 0 Å². The molecule has 0 aromatic carbocycles. The summed E-state index contributed by atoms with van der Waals surface area (Å²) in [5, 5.41) is 22.5. The summed E-state index contributed by atoms with van der Waals surface area (Å²) in [7, 11) is 0. The number of allylic oxidation sites excluding steroid dienone is 3. The highest BCUT2D eigenvalue weighted by Gasteiger charge is 2.18. The fourth-order valence-corrected chi connectivity index (χ4v) is 6.27. The van der Waals surface area contributed by atoms with Gasteiger partial charge in [0.05, 0.1) is 13.2 Å². The Bertz CT molecular complexity index is 952. The van der Waals surface area contributed by atoms with Crippen LogP contribution in [-0.4, -0.2) is 59.3 Å². The van der Waals surface area contributed by atoms with Gasteiger partial charge in [-0.15, -0.1) is 0 Å². The van der Waals surface area contributed by atoms with Crippen LogP contribution in [0, 0.1) is 0 Å². The average Bonchev–Trinajstić information content (AvgIpc) is 3.14. The van der Waals surface area contributed by atoms with E-state index in [1.54, 1.807) is 0 Å². The Labute approximate surface area is 324 Å². The number of nitrogens with one attached hydrogen (secondary N) is 2. The Morgan fingerprint density at radius 2 is 1.02 bits per heavy atom. The molecule has 0 aliphatic carbocycles. The van der Waals surface area contributed by atoms with Crippen molar-refractivity contribution in [1.29, 1.82) is 0 Å². The van der Waals surface area contributed by atoms with E-state index in [2.05, 4.69) is 48.8 Å². The molecule has 4 N–H and O–H groups in total. The standard InChI is InChI=1S/C44H80N2O7/c1-3-5-7-9-11-12-13-14-15-16-17-18-19-20-21-22-24-26-32-36-43(50)53-39(33-29-25-23-10-8-6-4-2)34-30-27-28-31-35-41(48)45-37-42(49)46-40(38-47)44(51)52/h14-15,29,33,39-40,47H,3-13,16-28,30-32,34-38H2,1-2H3,(H,45,48)(H,46,49)(H,51,52)/b15-14-,33-29-. The predicted molar refractivity (Wildman–Crippen MR) is 218 cm³/mol. The van der Waals surface area contributed by atoms with Gasteiger partial charge in [0.2, 0.25) is 11.8 Å². The quantitative estimate of drug-likeness (QED) is 0.0278. The number of rotatable bonds is 39. The Balaban J connectivity index is 4.14. The summed E-state index contributed by atoms with van der Waals surface area (Å²) >= 11 is 0. The molecule has 0 saturated carbocycles. The number of aliphatic hydroxyl groups excluding tert-OH is 1. The summed E-state index contributed by atoms with van der Waals surface area (Å²) in [6.45, 7) is 3.43. The SMILES string of the molecule is CCCCCCC/C=C\C(CCCCCCC(=O)NCC(=O)NC(CO)C(=O)O)OC(=O)CCCCCCCCCCC/C=C\CCCCCCCC. The van der Waals surface area contributed by atoms with E-state index >= 15 is 0 Å². The molecule has 0 rings (SSSR count). The van der Waals surface area contributed by atoms with Gasteiger partial charge in [0, 0.05) is 12.8 Å². The number of hydrogen-bond acceptors (Lipinski definition) is 6. The predicted octanol–water partition coefficient (Wildman–Crippen LogP) is 10.4. The molecule has 9 nitrogen and oxygen atoms in total. The molecule has 0 aliphatic heterocycles. The normalized spacial score (nSPS) is 12.7. The summed E-state index contributed by atoms with van der Waals surface area (Å²) in [5.74, 6) is -2.39. The van der Waals surface area contributed by atoms with Gasteiger partial charge < -0.3 is 25.6 Å². The summed E-state index contributed by atoms with van der Waals surface area (Å²) in [6, 6.07) is -1.39. The first kappa shape index (κ1) is 50.3. The number of carboxylic acids is 1. The van der Waals surface area contributed by atoms with Crippen molar-refractivity contribution >= 4 is 23.8 Å². The number of aliphatic hydroxyl groups is 1. The summed E-state index contributed by atoms with van der Waals surface area (Å²) < 4.78 is 5.90. The van der Waals surface area contributed by atoms with Crippen molar-refractivity contribution in [1.82, 2.24) is 10.6 Å². The molecular formula is C44H80N2O7. The van der Waals surface area contributed by atoms with Gasteiger partial charge in [-0.25, -0.2) is 4.79 Å². The maximum absolute atomic E-state index is 12.7. The zero-order valence-corrected chi connectivity index (χ0v) is 34.0. The molecule has 0 spiro atoms.